The van der Waals surface area contributed by atoms with Crippen LogP contribution in [-0.4, -0.2) is 84.1 Å². The molecule has 1 saturated heterocycles. The highest BCUT2D eigenvalue weighted by Crippen LogP contribution is 2.33. The van der Waals surface area contributed by atoms with Gasteiger partial charge in [0.25, 0.3) is 5.91 Å². The zero-order valence-corrected chi connectivity index (χ0v) is 18.0. The van der Waals surface area contributed by atoms with Crippen molar-refractivity contribution in [3.63, 3.8) is 0 Å². The first-order chi connectivity index (χ1) is 15.2. The minimum absolute atomic E-state index is 0.0266. The molecule has 4 rings (SSSR count). The molecule has 0 radical (unpaired) electrons. The third kappa shape index (κ3) is 4.06. The Hall–Kier alpha value is -3.03. The Kier molecular flexibility index (Phi) is 5.88. The summed E-state index contributed by atoms with van der Waals surface area (Å²) in [5.41, 5.74) is 6.55. The van der Waals surface area contributed by atoms with Crippen LogP contribution < -0.4 is 11.1 Å². The fourth-order valence-electron chi connectivity index (χ4n) is 3.59. The highest BCUT2D eigenvalue weighted by Gasteiger charge is 2.48. The second-order valence-corrected chi connectivity index (χ2v) is 8.25. The largest absolute Gasteiger partial charge is 0.453 e. The van der Waals surface area contributed by atoms with Gasteiger partial charge in [0.05, 0.1) is 20.0 Å². The van der Waals surface area contributed by atoms with E-state index in [9.17, 15) is 19.8 Å². The van der Waals surface area contributed by atoms with Gasteiger partial charge < -0.3 is 30.7 Å². The number of rotatable bonds is 6. The first kappa shape index (κ1) is 22.2. The van der Waals surface area contributed by atoms with Gasteiger partial charge in [0, 0.05) is 12.1 Å². The smallest absolute Gasteiger partial charge is 0.410 e. The first-order valence-electron chi connectivity index (χ1n) is 10.4. The lowest BCUT2D eigenvalue weighted by Crippen LogP contribution is -2.43. The van der Waals surface area contributed by atoms with Crippen LogP contribution in [0.5, 0.6) is 0 Å². The number of nitrogens with one attached hydrogen (secondary N) is 1. The Morgan fingerprint density at radius 3 is 2.69 bits per heavy atom. The molecule has 0 bridgehead atoms. The lowest BCUT2D eigenvalue weighted by Gasteiger charge is -2.24. The van der Waals surface area contributed by atoms with Crippen LogP contribution in [0, 0.1) is 0 Å². The molecule has 1 aliphatic heterocycles. The zero-order chi connectivity index (χ0) is 23.2. The van der Waals surface area contributed by atoms with E-state index in [4.69, 9.17) is 15.2 Å². The second kappa shape index (κ2) is 8.48. The van der Waals surface area contributed by atoms with Crippen molar-refractivity contribution < 1.29 is 29.3 Å². The molecule has 2 fully saturated rings. The van der Waals surface area contributed by atoms with Crippen LogP contribution >= 0.6 is 0 Å². The number of carbonyl (C=O) groups is 2. The molecule has 13 heteroatoms. The molecule has 5 N–H and O–H groups in total. The van der Waals surface area contributed by atoms with Gasteiger partial charge >= 0.3 is 6.09 Å². The molecular weight excluding hydrogens is 422 g/mol. The molecular formula is C19H27N7O6. The summed E-state index contributed by atoms with van der Waals surface area (Å²) in [6.45, 7) is 3.67. The summed E-state index contributed by atoms with van der Waals surface area (Å²) in [5, 5.41) is 23.7. The van der Waals surface area contributed by atoms with Crippen molar-refractivity contribution in [1.82, 2.24) is 29.7 Å². The van der Waals surface area contributed by atoms with E-state index in [2.05, 4.69) is 20.3 Å². The maximum Gasteiger partial charge on any atom is 0.410 e. The van der Waals surface area contributed by atoms with Gasteiger partial charge in [-0.05, 0) is 26.7 Å². The molecule has 32 heavy (non-hydrogen) atoms. The second-order valence-electron chi connectivity index (χ2n) is 8.25. The minimum atomic E-state index is -1.43. The molecule has 3 heterocycles. The number of hydrogen-bond donors (Lipinski definition) is 4. The van der Waals surface area contributed by atoms with Gasteiger partial charge in [-0.25, -0.2) is 19.7 Å². The number of methoxy groups -OCH3 is 1. The maximum absolute atomic E-state index is 12.4. The molecule has 1 saturated carbocycles. The van der Waals surface area contributed by atoms with Crippen molar-refractivity contribution in [1.29, 1.82) is 0 Å². The number of aliphatic hydroxyl groups is 2. The fourth-order valence-corrected chi connectivity index (χ4v) is 3.59. The number of amides is 2. The molecule has 0 spiro atoms. The zero-order valence-electron chi connectivity index (χ0n) is 18.0. The normalized spacial score (nSPS) is 25.3. The van der Waals surface area contributed by atoms with E-state index >= 15 is 0 Å². The van der Waals surface area contributed by atoms with Crippen LogP contribution in [0.4, 0.5) is 10.6 Å². The van der Waals surface area contributed by atoms with E-state index in [1.807, 2.05) is 13.8 Å². The fraction of sp³-hybridized carbons (Fsp3) is 0.632. The van der Waals surface area contributed by atoms with E-state index in [1.165, 1.54) is 22.9 Å². The number of anilines is 1. The van der Waals surface area contributed by atoms with E-state index in [1.54, 1.807) is 0 Å². The first-order valence-corrected chi connectivity index (χ1v) is 10.4. The summed E-state index contributed by atoms with van der Waals surface area (Å²) in [6.07, 6.45) is -2.61. The van der Waals surface area contributed by atoms with Crippen molar-refractivity contribution in [3.05, 3.63) is 12.2 Å². The number of fused-ring (bicyclic) bond motifs is 1. The predicted molar refractivity (Wildman–Crippen MR) is 110 cm³/mol. The van der Waals surface area contributed by atoms with E-state index in [-0.39, 0.29) is 41.4 Å². The highest BCUT2D eigenvalue weighted by molar-refractivity contribution is 5.83. The van der Waals surface area contributed by atoms with Gasteiger partial charge in [-0.2, -0.15) is 0 Å². The molecule has 2 unspecified atom stereocenters. The van der Waals surface area contributed by atoms with E-state index in [0.717, 1.165) is 12.8 Å². The highest BCUT2D eigenvalue weighted by atomic mass is 16.6. The maximum atomic E-state index is 12.4. The quantitative estimate of drug-likeness (QED) is 0.440. The van der Waals surface area contributed by atoms with Gasteiger partial charge in [-0.1, -0.05) is 0 Å². The monoisotopic (exact) mass is 449 g/mol. The number of carbonyl (C=O) groups excluding carboxylic acids is 2. The molecule has 2 aromatic rings. The van der Waals surface area contributed by atoms with Crippen LogP contribution in [-0.2, 0) is 20.8 Å². The number of aromatic nitrogens is 4. The van der Waals surface area contributed by atoms with Gasteiger partial charge in [-0.3, -0.25) is 14.3 Å². The minimum Gasteiger partial charge on any atom is -0.453 e. The Morgan fingerprint density at radius 2 is 2.06 bits per heavy atom. The number of hydrogen-bond acceptors (Lipinski definition) is 10. The summed E-state index contributed by atoms with van der Waals surface area (Å²) in [7, 11) is 1.28. The molecule has 1 aliphatic carbocycles. The topological polar surface area (TPSA) is 178 Å². The van der Waals surface area contributed by atoms with Gasteiger partial charge in [-0.15, -0.1) is 0 Å². The standard InChI is InChI=1S/C19H27N7O6/c1-8(2)25(19(30)31-3)6-10-23-15(20)11-16(24-10)26(7-21-11)18-13(28)12(27)14(32-18)17(29)22-9-4-5-9/h7-9,12-14,18,27-28H,4-6H2,1-3H3,(H,22,29)(H2,20,23,24)/t12?,13?,14-,18+/m0/s1. The molecule has 13 nitrogen and oxygen atoms in total. The summed E-state index contributed by atoms with van der Waals surface area (Å²) in [5.74, 6) is -0.174. The number of nitrogens with zero attached hydrogens (tertiary/aromatic N) is 5. The van der Waals surface area contributed by atoms with Crippen molar-refractivity contribution >= 4 is 29.0 Å². The van der Waals surface area contributed by atoms with Gasteiger partial charge in [0.15, 0.2) is 29.6 Å². The number of nitrogens with two attached hydrogens (primary N) is 1. The number of aliphatic hydroxyl groups excluding tert-OH is 2. The third-order valence-corrected chi connectivity index (χ3v) is 5.53. The Balaban J connectivity index is 1.63. The van der Waals surface area contributed by atoms with Crippen LogP contribution in [0.2, 0.25) is 0 Å². The van der Waals surface area contributed by atoms with Crippen LogP contribution in [0.3, 0.4) is 0 Å². The predicted octanol–water partition coefficient (Wildman–Crippen LogP) is -0.717. The molecule has 4 atom stereocenters. The lowest BCUT2D eigenvalue weighted by molar-refractivity contribution is -0.137. The summed E-state index contributed by atoms with van der Waals surface area (Å²) < 4.78 is 11.9. The summed E-state index contributed by atoms with van der Waals surface area (Å²) >= 11 is 0. The summed E-state index contributed by atoms with van der Waals surface area (Å²) in [6, 6.07) is -0.105. The van der Waals surface area contributed by atoms with Crippen molar-refractivity contribution in [3.8, 4) is 0 Å². The third-order valence-electron chi connectivity index (χ3n) is 5.53. The number of ether oxygens (including phenoxy) is 2. The molecule has 2 aliphatic rings. The van der Waals surface area contributed by atoms with Crippen molar-refractivity contribution in [2.24, 2.45) is 0 Å². The Morgan fingerprint density at radius 1 is 1.34 bits per heavy atom. The number of imidazole rings is 1. The molecule has 174 valence electrons. The lowest BCUT2D eigenvalue weighted by atomic mass is 10.1. The van der Waals surface area contributed by atoms with Crippen LogP contribution in [0.1, 0.15) is 38.7 Å². The van der Waals surface area contributed by atoms with Crippen LogP contribution in [0.15, 0.2) is 6.33 Å². The average molecular weight is 449 g/mol. The average Bonchev–Trinajstić information content (AvgIpc) is 3.38. The van der Waals surface area contributed by atoms with Crippen molar-refractivity contribution in [2.75, 3.05) is 12.8 Å². The van der Waals surface area contributed by atoms with Crippen molar-refractivity contribution in [2.45, 2.75) is 69.9 Å². The van der Waals surface area contributed by atoms with Crippen LogP contribution in [0.25, 0.3) is 11.2 Å². The molecule has 2 amide bonds. The SMILES string of the molecule is COC(=O)N(Cc1nc(N)c2ncn([C@@H]3O[C@H](C(=O)NC4CC4)C(O)C3O)c2n1)C(C)C. The molecule has 0 aromatic carbocycles. The molecule has 2 aromatic heterocycles. The van der Waals surface area contributed by atoms with E-state index in [0.29, 0.717) is 0 Å². The Bertz CT molecular complexity index is 1020. The Labute approximate surface area is 183 Å². The summed E-state index contributed by atoms with van der Waals surface area (Å²) in [4.78, 5) is 38.7. The van der Waals surface area contributed by atoms with Gasteiger partial charge in [0.1, 0.15) is 17.7 Å². The van der Waals surface area contributed by atoms with Gasteiger partial charge in [0.2, 0.25) is 0 Å². The van der Waals surface area contributed by atoms with E-state index < -0.39 is 36.5 Å². The number of nitrogen functional groups attached to an aromatic ring is 1.